The van der Waals surface area contributed by atoms with E-state index in [-0.39, 0.29) is 12.6 Å². The minimum Gasteiger partial charge on any atom is -0.463 e. The minimum absolute atomic E-state index is 0.277. The van der Waals surface area contributed by atoms with Crippen molar-refractivity contribution >= 4 is 11.8 Å². The number of nitrogens with one attached hydrogen (secondary N) is 1. The van der Waals surface area contributed by atoms with Crippen LogP contribution in [0.4, 0.5) is 0 Å². The summed E-state index contributed by atoms with van der Waals surface area (Å²) in [5.41, 5.74) is 3.90. The fraction of sp³-hybridized carbons (Fsp3) is 0.355. The van der Waals surface area contributed by atoms with Crippen molar-refractivity contribution in [3.63, 3.8) is 0 Å². The van der Waals surface area contributed by atoms with Crippen molar-refractivity contribution in [3.8, 4) is 0 Å². The van der Waals surface area contributed by atoms with Gasteiger partial charge in [-0.05, 0) is 45.4 Å². The number of hydrogen-bond donors (Lipinski definition) is 1. The molecule has 0 amide bonds. The number of allylic oxidation sites excluding steroid dienone is 5. The lowest BCUT2D eigenvalue weighted by atomic mass is 9.80. The van der Waals surface area contributed by atoms with Gasteiger partial charge >= 0.3 is 5.97 Å². The lowest BCUT2D eigenvalue weighted by Crippen LogP contribution is -2.43. The van der Waals surface area contributed by atoms with Gasteiger partial charge in [0.05, 0.1) is 24.7 Å². The minimum atomic E-state index is -0.445. The van der Waals surface area contributed by atoms with Crippen LogP contribution in [-0.2, 0) is 14.3 Å². The van der Waals surface area contributed by atoms with Gasteiger partial charge in [-0.2, -0.15) is 0 Å². The van der Waals surface area contributed by atoms with E-state index in [0.717, 1.165) is 28.5 Å². The molecule has 1 unspecified atom stereocenters. The average molecular weight is 519 g/mol. The second-order valence-electron chi connectivity index (χ2n) is 8.49. The number of aliphatic imine (C=N–C) groups is 1. The Bertz CT molecular complexity index is 1130. The van der Waals surface area contributed by atoms with Crippen LogP contribution in [0.5, 0.6) is 0 Å². The molecule has 0 bridgehead atoms. The summed E-state index contributed by atoms with van der Waals surface area (Å²) in [4.78, 5) is 22.4. The van der Waals surface area contributed by atoms with E-state index in [0.29, 0.717) is 31.0 Å². The maximum absolute atomic E-state index is 13.5. The third-order valence-electron chi connectivity index (χ3n) is 6.20. The van der Waals surface area contributed by atoms with Crippen LogP contribution in [0.15, 0.2) is 107 Å². The summed E-state index contributed by atoms with van der Waals surface area (Å²) in [5.74, 6) is 0.696. The summed E-state index contributed by atoms with van der Waals surface area (Å²) >= 11 is 0. The molecule has 1 aromatic rings. The fourth-order valence-electron chi connectivity index (χ4n) is 4.57. The van der Waals surface area contributed by atoms with Gasteiger partial charge in [0.25, 0.3) is 0 Å². The number of benzene rings is 1. The number of dihydropyridines is 1. The highest BCUT2D eigenvalue weighted by Gasteiger charge is 2.39. The van der Waals surface area contributed by atoms with Gasteiger partial charge in [0.2, 0.25) is 0 Å². The molecule has 1 heterocycles. The summed E-state index contributed by atoms with van der Waals surface area (Å²) in [6, 6.07) is 9.99. The van der Waals surface area contributed by atoms with Crippen LogP contribution in [0.25, 0.3) is 0 Å². The maximum atomic E-state index is 13.5. The fourth-order valence-corrected chi connectivity index (χ4v) is 4.57. The number of likely N-dealkylation sites (N-methyl/N-ethyl adjacent to an activating group) is 1. The van der Waals surface area contributed by atoms with Crippen molar-refractivity contribution in [3.05, 3.63) is 108 Å². The number of nitrogens with zero attached hydrogens (tertiary/aromatic N) is 3. The Balaban J connectivity index is 3.01. The standard InChI is InChI=1S/C31H42N4O3/c1-9-17-25(18-10-2)35(12-4)30-28(29(32-7)34(11-3)21-22-37-8)27(24-19-15-14-16-20-24)26(23(6)33-30)31(36)38-13-5/h9-10,12,14-20,27,33H,1,4,11,13,21-22H2,2-3,5-8H3/b18-10-,25-17+,32-29?. The third-order valence-corrected chi connectivity index (χ3v) is 6.20. The molecule has 1 aromatic carbocycles. The second kappa shape index (κ2) is 15.4. The van der Waals surface area contributed by atoms with E-state index < -0.39 is 5.92 Å². The van der Waals surface area contributed by atoms with Crippen molar-refractivity contribution in [2.45, 2.75) is 33.6 Å². The Kier molecular flexibility index (Phi) is 12.3. The zero-order valence-corrected chi connectivity index (χ0v) is 23.7. The van der Waals surface area contributed by atoms with Crippen molar-refractivity contribution in [2.24, 2.45) is 4.99 Å². The van der Waals surface area contributed by atoms with Crippen molar-refractivity contribution in [1.82, 2.24) is 15.1 Å². The normalized spacial score (nSPS) is 16.4. The monoisotopic (exact) mass is 518 g/mol. The van der Waals surface area contributed by atoms with Crippen LogP contribution in [0.1, 0.15) is 39.2 Å². The highest BCUT2D eigenvalue weighted by molar-refractivity contribution is 6.05. The average Bonchev–Trinajstić information content (AvgIpc) is 2.92. The molecule has 0 spiro atoms. The Morgan fingerprint density at radius 1 is 1.18 bits per heavy atom. The van der Waals surface area contributed by atoms with Gasteiger partial charge in [-0.25, -0.2) is 4.79 Å². The largest absolute Gasteiger partial charge is 0.463 e. The molecular weight excluding hydrogens is 476 g/mol. The molecule has 0 aliphatic carbocycles. The number of carbonyl (C=O) groups is 1. The highest BCUT2D eigenvalue weighted by Crippen LogP contribution is 2.41. The summed E-state index contributed by atoms with van der Waals surface area (Å²) in [7, 11) is 3.46. The predicted octanol–water partition coefficient (Wildman–Crippen LogP) is 5.51. The molecule has 0 saturated heterocycles. The lowest BCUT2D eigenvalue weighted by molar-refractivity contribution is -0.138. The number of rotatable bonds is 13. The van der Waals surface area contributed by atoms with Crippen LogP contribution in [0, 0.1) is 0 Å². The van der Waals surface area contributed by atoms with Gasteiger partial charge < -0.3 is 24.6 Å². The maximum Gasteiger partial charge on any atom is 0.336 e. The number of amidine groups is 1. The van der Waals surface area contributed by atoms with E-state index in [2.05, 4.69) is 30.3 Å². The molecule has 1 atom stereocenters. The van der Waals surface area contributed by atoms with Gasteiger partial charge in [-0.1, -0.05) is 55.6 Å². The molecule has 7 heteroatoms. The molecule has 204 valence electrons. The van der Waals surface area contributed by atoms with Crippen molar-refractivity contribution < 1.29 is 14.3 Å². The van der Waals surface area contributed by atoms with E-state index in [1.54, 1.807) is 26.4 Å². The molecule has 0 radical (unpaired) electrons. The van der Waals surface area contributed by atoms with Crippen LogP contribution in [0.3, 0.4) is 0 Å². The first-order valence-electron chi connectivity index (χ1n) is 13.0. The first-order chi connectivity index (χ1) is 18.4. The quantitative estimate of drug-likeness (QED) is 0.161. The molecule has 1 aliphatic rings. The van der Waals surface area contributed by atoms with Crippen molar-refractivity contribution in [2.75, 3.05) is 40.5 Å². The third kappa shape index (κ3) is 6.92. The zero-order valence-electron chi connectivity index (χ0n) is 23.7. The van der Waals surface area contributed by atoms with E-state index >= 15 is 0 Å². The number of carbonyl (C=O) groups excluding carboxylic acids is 1. The Morgan fingerprint density at radius 2 is 1.89 bits per heavy atom. The zero-order chi connectivity index (χ0) is 28.1. The summed E-state index contributed by atoms with van der Waals surface area (Å²) in [5, 5.41) is 3.52. The first kappa shape index (κ1) is 30.4. The molecule has 1 N–H and O–H groups in total. The van der Waals surface area contributed by atoms with Crippen LogP contribution < -0.4 is 5.32 Å². The lowest BCUT2D eigenvalue weighted by Gasteiger charge is -2.39. The van der Waals surface area contributed by atoms with E-state index in [1.807, 2.05) is 74.2 Å². The summed E-state index contributed by atoms with van der Waals surface area (Å²) in [6.07, 6.45) is 9.35. The number of hydrogen-bond acceptors (Lipinski definition) is 6. The van der Waals surface area contributed by atoms with Gasteiger partial charge in [0.1, 0.15) is 11.7 Å². The van der Waals surface area contributed by atoms with Crippen molar-refractivity contribution in [1.29, 1.82) is 0 Å². The highest BCUT2D eigenvalue weighted by atomic mass is 16.5. The second-order valence-corrected chi connectivity index (χ2v) is 8.49. The Morgan fingerprint density at radius 3 is 2.42 bits per heavy atom. The number of methoxy groups -OCH3 is 1. The topological polar surface area (TPSA) is 66.4 Å². The summed E-state index contributed by atoms with van der Waals surface area (Å²) in [6.45, 7) is 17.9. The Hall–Kier alpha value is -3.84. The van der Waals surface area contributed by atoms with Gasteiger partial charge in [0, 0.05) is 50.4 Å². The van der Waals surface area contributed by atoms with Gasteiger partial charge in [-0.15, -0.1) is 0 Å². The molecule has 2 rings (SSSR count). The Labute approximate surface area is 228 Å². The van der Waals surface area contributed by atoms with E-state index in [1.165, 1.54) is 0 Å². The van der Waals surface area contributed by atoms with Crippen LogP contribution in [-0.4, -0.2) is 62.1 Å². The number of esters is 1. The molecular formula is C31H42N4O3. The molecule has 0 aromatic heterocycles. The summed E-state index contributed by atoms with van der Waals surface area (Å²) < 4.78 is 11.0. The molecule has 7 nitrogen and oxygen atoms in total. The van der Waals surface area contributed by atoms with Gasteiger partial charge in [0.15, 0.2) is 0 Å². The smallest absolute Gasteiger partial charge is 0.336 e. The molecule has 1 aliphatic heterocycles. The van der Waals surface area contributed by atoms with E-state index in [4.69, 9.17) is 14.5 Å². The van der Waals surface area contributed by atoms with E-state index in [9.17, 15) is 4.79 Å². The molecule has 38 heavy (non-hydrogen) atoms. The first-order valence-corrected chi connectivity index (χ1v) is 13.0. The number of ether oxygens (including phenoxy) is 2. The predicted molar refractivity (Wildman–Crippen MR) is 156 cm³/mol. The SMILES string of the molecule is C=C/C=C(\C=C/C)N(C=C)C1=C(C(=NC)N(CC)CCOC)C(c2ccccc2)C(C(=O)OCC)=C(C)N1. The molecule has 0 saturated carbocycles. The van der Waals surface area contributed by atoms with Crippen LogP contribution >= 0.6 is 0 Å². The van der Waals surface area contributed by atoms with Gasteiger partial charge in [-0.3, -0.25) is 4.99 Å². The van der Waals surface area contributed by atoms with Crippen LogP contribution in [0.2, 0.25) is 0 Å². The molecule has 0 fully saturated rings.